The van der Waals surface area contributed by atoms with Crippen LogP contribution in [0, 0.1) is 0 Å². The number of nitrogens with one attached hydrogen (secondary N) is 1. The maximum Gasteiger partial charge on any atom is 0.322 e. The molecule has 1 N–H and O–H groups in total. The van der Waals surface area contributed by atoms with Gasteiger partial charge in [-0.3, -0.25) is 10.1 Å². The standard InChI is InChI=1S/C22H23N3O7S/c1-29-17-11-15(12-18(30-2)21(17)31-3)7-10-19(26)23-22-25-24-20(32-22)13-14-5-8-16(9-6-14)33(4,27)28/h5-12H,13H2,1-4H3,(H,23,25,26)/b10-7+. The van der Waals surface area contributed by atoms with E-state index in [0.29, 0.717) is 22.8 Å². The molecule has 10 nitrogen and oxygen atoms in total. The number of nitrogens with zero attached hydrogens (tertiary/aromatic N) is 2. The first-order valence-electron chi connectivity index (χ1n) is 9.64. The van der Waals surface area contributed by atoms with Crippen molar-refractivity contribution in [3.63, 3.8) is 0 Å². The second-order valence-corrected chi connectivity index (χ2v) is 8.89. The molecule has 0 aliphatic rings. The number of rotatable bonds is 9. The molecule has 3 aromatic rings. The number of amides is 1. The van der Waals surface area contributed by atoms with E-state index >= 15 is 0 Å². The first-order chi connectivity index (χ1) is 15.7. The summed E-state index contributed by atoms with van der Waals surface area (Å²) in [6.45, 7) is 0. The molecule has 0 bridgehead atoms. The van der Waals surface area contributed by atoms with Crippen molar-refractivity contribution in [2.24, 2.45) is 0 Å². The molecule has 1 aromatic heterocycles. The van der Waals surface area contributed by atoms with Gasteiger partial charge in [0.15, 0.2) is 21.3 Å². The van der Waals surface area contributed by atoms with Crippen molar-refractivity contribution in [3.05, 3.63) is 59.5 Å². The van der Waals surface area contributed by atoms with Crippen molar-refractivity contribution in [1.82, 2.24) is 10.2 Å². The topological polar surface area (TPSA) is 130 Å². The van der Waals surface area contributed by atoms with Crippen LogP contribution in [-0.4, -0.2) is 52.1 Å². The van der Waals surface area contributed by atoms with E-state index in [0.717, 1.165) is 11.8 Å². The normalized spacial score (nSPS) is 11.4. The molecule has 0 aliphatic heterocycles. The first-order valence-corrected chi connectivity index (χ1v) is 11.5. The molecule has 174 valence electrons. The second-order valence-electron chi connectivity index (χ2n) is 6.88. The van der Waals surface area contributed by atoms with Gasteiger partial charge in [-0.15, -0.1) is 5.10 Å². The molecule has 1 heterocycles. The zero-order valence-corrected chi connectivity index (χ0v) is 19.3. The summed E-state index contributed by atoms with van der Waals surface area (Å²) >= 11 is 0. The van der Waals surface area contributed by atoms with Gasteiger partial charge in [-0.2, -0.15) is 0 Å². The summed E-state index contributed by atoms with van der Waals surface area (Å²) < 4.78 is 44.4. The van der Waals surface area contributed by atoms with Gasteiger partial charge in [0.1, 0.15) is 0 Å². The molecule has 11 heteroatoms. The number of hydrogen-bond donors (Lipinski definition) is 1. The number of aromatic nitrogens is 2. The van der Waals surface area contributed by atoms with Crippen LogP contribution >= 0.6 is 0 Å². The maximum absolute atomic E-state index is 12.2. The van der Waals surface area contributed by atoms with Gasteiger partial charge in [-0.1, -0.05) is 17.2 Å². The van der Waals surface area contributed by atoms with E-state index in [1.165, 1.54) is 39.5 Å². The monoisotopic (exact) mass is 473 g/mol. The number of carbonyl (C=O) groups excluding carboxylic acids is 1. The number of methoxy groups -OCH3 is 3. The lowest BCUT2D eigenvalue weighted by molar-refractivity contribution is -0.112. The number of ether oxygens (including phenoxy) is 3. The van der Waals surface area contributed by atoms with Crippen molar-refractivity contribution in [2.45, 2.75) is 11.3 Å². The fourth-order valence-electron chi connectivity index (χ4n) is 2.92. The van der Waals surface area contributed by atoms with E-state index in [-0.39, 0.29) is 23.2 Å². The van der Waals surface area contributed by atoms with Crippen LogP contribution in [0.1, 0.15) is 17.0 Å². The average molecular weight is 474 g/mol. The zero-order chi connectivity index (χ0) is 24.0. The van der Waals surface area contributed by atoms with Gasteiger partial charge in [0.05, 0.1) is 32.6 Å². The van der Waals surface area contributed by atoms with Crippen molar-refractivity contribution in [2.75, 3.05) is 32.9 Å². The molecule has 0 saturated heterocycles. The minimum Gasteiger partial charge on any atom is -0.493 e. The number of sulfone groups is 1. The highest BCUT2D eigenvalue weighted by Gasteiger charge is 2.13. The van der Waals surface area contributed by atoms with Gasteiger partial charge in [-0.05, 0) is 41.5 Å². The predicted molar refractivity (Wildman–Crippen MR) is 120 cm³/mol. The molecule has 3 rings (SSSR count). The second kappa shape index (κ2) is 10.2. The van der Waals surface area contributed by atoms with E-state index < -0.39 is 15.7 Å². The van der Waals surface area contributed by atoms with Crippen molar-refractivity contribution in [1.29, 1.82) is 0 Å². The Morgan fingerprint density at radius 3 is 2.21 bits per heavy atom. The highest BCUT2D eigenvalue weighted by Crippen LogP contribution is 2.38. The summed E-state index contributed by atoms with van der Waals surface area (Å²) in [5.74, 6) is 1.17. The molecule has 2 aromatic carbocycles. The molecule has 0 unspecified atom stereocenters. The third-order valence-corrected chi connectivity index (χ3v) is 5.65. The smallest absolute Gasteiger partial charge is 0.322 e. The summed E-state index contributed by atoms with van der Waals surface area (Å²) in [5.41, 5.74) is 1.44. The van der Waals surface area contributed by atoms with Crippen LogP contribution in [0.5, 0.6) is 17.2 Å². The predicted octanol–water partition coefficient (Wildman–Crippen LogP) is 2.74. The number of carbonyl (C=O) groups is 1. The summed E-state index contributed by atoms with van der Waals surface area (Å²) in [5, 5.41) is 10.2. The van der Waals surface area contributed by atoms with E-state index in [1.807, 2.05) is 0 Å². The minimum absolute atomic E-state index is 0.0581. The van der Waals surface area contributed by atoms with Crippen LogP contribution in [0.3, 0.4) is 0 Å². The minimum atomic E-state index is -3.26. The van der Waals surface area contributed by atoms with E-state index in [9.17, 15) is 13.2 Å². The molecule has 0 fully saturated rings. The Bertz CT molecular complexity index is 1240. The first kappa shape index (κ1) is 23.8. The molecule has 0 atom stereocenters. The third kappa shape index (κ3) is 6.10. The van der Waals surface area contributed by atoms with Crippen LogP contribution in [0.15, 0.2) is 51.8 Å². The summed E-state index contributed by atoms with van der Waals surface area (Å²) in [7, 11) is 1.25. The highest BCUT2D eigenvalue weighted by atomic mass is 32.2. The van der Waals surface area contributed by atoms with Gasteiger partial charge < -0.3 is 18.6 Å². The van der Waals surface area contributed by atoms with Crippen LogP contribution in [0.2, 0.25) is 0 Å². The average Bonchev–Trinajstić information content (AvgIpc) is 3.23. The lowest BCUT2D eigenvalue weighted by atomic mass is 10.1. The fourth-order valence-corrected chi connectivity index (χ4v) is 3.55. The van der Waals surface area contributed by atoms with Gasteiger partial charge in [0, 0.05) is 12.3 Å². The van der Waals surface area contributed by atoms with Crippen LogP contribution < -0.4 is 19.5 Å². The molecule has 0 radical (unpaired) electrons. The zero-order valence-electron chi connectivity index (χ0n) is 18.5. The number of anilines is 1. The largest absolute Gasteiger partial charge is 0.493 e. The van der Waals surface area contributed by atoms with E-state index in [1.54, 1.807) is 30.3 Å². The van der Waals surface area contributed by atoms with Crippen LogP contribution in [0.4, 0.5) is 6.01 Å². The Labute approximate surface area is 191 Å². The quantitative estimate of drug-likeness (QED) is 0.466. The Morgan fingerprint density at radius 1 is 1.03 bits per heavy atom. The molecular formula is C22H23N3O7S. The van der Waals surface area contributed by atoms with Gasteiger partial charge >= 0.3 is 6.01 Å². The summed E-state index contributed by atoms with van der Waals surface area (Å²) in [6.07, 6.45) is 4.30. The summed E-state index contributed by atoms with van der Waals surface area (Å²) in [4.78, 5) is 12.5. The molecule has 0 aliphatic carbocycles. The van der Waals surface area contributed by atoms with E-state index in [2.05, 4.69) is 15.5 Å². The van der Waals surface area contributed by atoms with Crippen molar-refractivity contribution in [3.8, 4) is 17.2 Å². The van der Waals surface area contributed by atoms with E-state index in [4.69, 9.17) is 18.6 Å². The molecule has 1 amide bonds. The van der Waals surface area contributed by atoms with Crippen molar-refractivity contribution >= 4 is 27.8 Å². The van der Waals surface area contributed by atoms with Gasteiger partial charge in [-0.25, -0.2) is 8.42 Å². The molecule has 0 saturated carbocycles. The Balaban J connectivity index is 1.64. The molecule has 33 heavy (non-hydrogen) atoms. The highest BCUT2D eigenvalue weighted by molar-refractivity contribution is 7.90. The SMILES string of the molecule is COc1cc(/C=C/C(=O)Nc2nnc(Cc3ccc(S(C)(=O)=O)cc3)o2)cc(OC)c1OC. The third-order valence-electron chi connectivity index (χ3n) is 4.52. The Morgan fingerprint density at radius 2 is 1.67 bits per heavy atom. The van der Waals surface area contributed by atoms with Gasteiger partial charge in [0.2, 0.25) is 11.6 Å². The fraction of sp³-hybridized carbons (Fsp3) is 0.227. The summed E-state index contributed by atoms with van der Waals surface area (Å²) in [6, 6.07) is 9.70. The maximum atomic E-state index is 12.2. The number of benzene rings is 2. The Hall–Kier alpha value is -3.86. The molecule has 0 spiro atoms. The Kier molecular flexibility index (Phi) is 7.34. The van der Waals surface area contributed by atoms with Crippen LogP contribution in [-0.2, 0) is 21.1 Å². The number of hydrogen-bond acceptors (Lipinski definition) is 9. The lowest BCUT2D eigenvalue weighted by Gasteiger charge is -2.12. The molecular weight excluding hydrogens is 450 g/mol. The lowest BCUT2D eigenvalue weighted by Crippen LogP contribution is -2.07. The van der Waals surface area contributed by atoms with Gasteiger partial charge in [0.25, 0.3) is 5.91 Å². The van der Waals surface area contributed by atoms with Crippen LogP contribution in [0.25, 0.3) is 6.08 Å². The van der Waals surface area contributed by atoms with Crippen molar-refractivity contribution < 1.29 is 31.8 Å².